The highest BCUT2D eigenvalue weighted by Crippen LogP contribution is 2.32. The summed E-state index contributed by atoms with van der Waals surface area (Å²) < 4.78 is 5.81. The van der Waals surface area contributed by atoms with Crippen LogP contribution < -0.4 is 10.1 Å². The Morgan fingerprint density at radius 2 is 1.93 bits per heavy atom. The highest BCUT2D eigenvalue weighted by Gasteiger charge is 2.25. The molecule has 0 unspecified atom stereocenters. The van der Waals surface area contributed by atoms with Crippen LogP contribution in [-0.4, -0.2) is 12.1 Å². The molecule has 0 aromatic heterocycles. The van der Waals surface area contributed by atoms with Crippen molar-refractivity contribution in [3.63, 3.8) is 0 Å². The molecule has 2 rings (SSSR count). The quantitative estimate of drug-likeness (QED) is 0.701. The zero-order valence-electron chi connectivity index (χ0n) is 10.3. The zero-order valence-corrected chi connectivity index (χ0v) is 10.3. The van der Waals surface area contributed by atoms with Crippen LogP contribution in [0, 0.1) is 6.92 Å². The lowest BCUT2D eigenvalue weighted by Crippen LogP contribution is -2.39. The summed E-state index contributed by atoms with van der Waals surface area (Å²) in [6.45, 7) is 11.1. The van der Waals surface area contributed by atoms with Crippen LogP contribution in [0.25, 0.3) is 0 Å². The van der Waals surface area contributed by atoms with Gasteiger partial charge in [-0.1, -0.05) is 19.9 Å². The van der Waals surface area contributed by atoms with Gasteiger partial charge in [-0.3, -0.25) is 0 Å². The van der Waals surface area contributed by atoms with E-state index < -0.39 is 0 Å². The van der Waals surface area contributed by atoms with Gasteiger partial charge in [0.05, 0.1) is 12.2 Å². The summed E-state index contributed by atoms with van der Waals surface area (Å²) in [6.07, 6.45) is 0. The molecule has 1 aromatic rings. The second-order valence-electron chi connectivity index (χ2n) is 4.21. The molecule has 0 aliphatic carbocycles. The first-order chi connectivity index (χ1) is 7.07. The molecule has 1 aromatic carbocycles. The molecule has 15 heavy (non-hydrogen) atoms. The Kier molecular flexibility index (Phi) is 3.61. The summed E-state index contributed by atoms with van der Waals surface area (Å²) in [5.41, 5.74) is 2.27. The van der Waals surface area contributed by atoms with E-state index in [1.807, 2.05) is 19.9 Å². The van der Waals surface area contributed by atoms with E-state index in [1.165, 1.54) is 5.56 Å². The number of benzene rings is 1. The second kappa shape index (κ2) is 4.56. The lowest BCUT2D eigenvalue weighted by molar-refractivity contribution is 0.116. The van der Waals surface area contributed by atoms with E-state index in [0.29, 0.717) is 0 Å². The third kappa shape index (κ3) is 2.88. The van der Waals surface area contributed by atoms with Crippen molar-refractivity contribution < 1.29 is 4.74 Å². The molecule has 1 N–H and O–H groups in total. The van der Waals surface area contributed by atoms with E-state index in [0.717, 1.165) is 18.0 Å². The molecular weight excluding hydrogens is 186 g/mol. The summed E-state index contributed by atoms with van der Waals surface area (Å²) in [7, 11) is 0. The van der Waals surface area contributed by atoms with Gasteiger partial charge in [-0.05, 0) is 38.5 Å². The van der Waals surface area contributed by atoms with Crippen LogP contribution in [0.3, 0.4) is 0 Å². The molecule has 0 atom stereocenters. The van der Waals surface area contributed by atoms with Crippen molar-refractivity contribution in [2.75, 3.05) is 11.9 Å². The van der Waals surface area contributed by atoms with E-state index in [-0.39, 0.29) is 5.60 Å². The normalized spacial score (nSPS) is 16.3. The molecule has 1 aliphatic rings. The summed E-state index contributed by atoms with van der Waals surface area (Å²) in [6, 6.07) is 6.21. The fraction of sp³-hybridized carbons (Fsp3) is 0.538. The van der Waals surface area contributed by atoms with Crippen LogP contribution in [0.2, 0.25) is 0 Å². The number of rotatable bonds is 0. The standard InChI is InChI=1S/C11H15NO.C2H6/c1-8-4-5-10-9(6-8)12-7-11(2,3)13-10;1-2/h4-6,12H,7H2,1-3H3;1-2H3. The largest absolute Gasteiger partial charge is 0.484 e. The van der Waals surface area contributed by atoms with Crippen LogP contribution >= 0.6 is 0 Å². The fourth-order valence-electron chi connectivity index (χ4n) is 1.51. The van der Waals surface area contributed by atoms with Gasteiger partial charge in [-0.15, -0.1) is 0 Å². The maximum absolute atomic E-state index is 5.81. The maximum atomic E-state index is 5.81. The minimum Gasteiger partial charge on any atom is -0.484 e. The molecule has 0 saturated heterocycles. The molecule has 2 heteroatoms. The Morgan fingerprint density at radius 3 is 2.60 bits per heavy atom. The number of hydrogen-bond acceptors (Lipinski definition) is 2. The number of fused-ring (bicyclic) bond motifs is 1. The van der Waals surface area contributed by atoms with Crippen molar-refractivity contribution in [2.45, 2.75) is 40.2 Å². The highest BCUT2D eigenvalue weighted by molar-refractivity contribution is 5.59. The lowest BCUT2D eigenvalue weighted by Gasteiger charge is -2.33. The Balaban J connectivity index is 0.000000531. The average molecular weight is 207 g/mol. The molecule has 0 radical (unpaired) electrons. The first-order valence-electron chi connectivity index (χ1n) is 5.60. The van der Waals surface area contributed by atoms with Crippen LogP contribution in [0.15, 0.2) is 18.2 Å². The van der Waals surface area contributed by atoms with Gasteiger partial charge in [-0.25, -0.2) is 0 Å². The molecule has 0 saturated carbocycles. The van der Waals surface area contributed by atoms with Crippen molar-refractivity contribution in [2.24, 2.45) is 0 Å². The summed E-state index contributed by atoms with van der Waals surface area (Å²) in [5, 5.41) is 3.37. The topological polar surface area (TPSA) is 21.3 Å². The van der Waals surface area contributed by atoms with Gasteiger partial charge in [-0.2, -0.15) is 0 Å². The Labute approximate surface area is 92.6 Å². The Hall–Kier alpha value is -1.18. The third-order valence-electron chi connectivity index (χ3n) is 2.23. The SMILES string of the molecule is CC.Cc1ccc2c(c1)NCC(C)(C)O2. The van der Waals surface area contributed by atoms with Gasteiger partial charge in [0.25, 0.3) is 0 Å². The Bertz CT molecular complexity index is 331. The van der Waals surface area contributed by atoms with Crippen molar-refractivity contribution in [3.05, 3.63) is 23.8 Å². The van der Waals surface area contributed by atoms with Crippen molar-refractivity contribution >= 4 is 5.69 Å². The first-order valence-corrected chi connectivity index (χ1v) is 5.60. The monoisotopic (exact) mass is 207 g/mol. The predicted molar refractivity (Wildman–Crippen MR) is 65.7 cm³/mol. The van der Waals surface area contributed by atoms with Gasteiger partial charge in [0.2, 0.25) is 0 Å². The van der Waals surface area contributed by atoms with E-state index in [2.05, 4.69) is 38.2 Å². The van der Waals surface area contributed by atoms with Gasteiger partial charge in [0, 0.05) is 0 Å². The van der Waals surface area contributed by atoms with E-state index in [9.17, 15) is 0 Å². The minimum absolute atomic E-state index is 0.0950. The summed E-state index contributed by atoms with van der Waals surface area (Å²) in [4.78, 5) is 0. The molecule has 0 bridgehead atoms. The lowest BCUT2D eigenvalue weighted by atomic mass is 10.1. The van der Waals surface area contributed by atoms with Crippen molar-refractivity contribution in [1.29, 1.82) is 0 Å². The maximum Gasteiger partial charge on any atom is 0.143 e. The third-order valence-corrected chi connectivity index (χ3v) is 2.23. The predicted octanol–water partition coefficient (Wildman–Crippen LogP) is 3.60. The molecule has 0 fully saturated rings. The zero-order chi connectivity index (χ0) is 11.5. The van der Waals surface area contributed by atoms with Crippen molar-refractivity contribution in [3.8, 4) is 5.75 Å². The summed E-state index contributed by atoms with van der Waals surface area (Å²) in [5.74, 6) is 0.960. The number of hydrogen-bond donors (Lipinski definition) is 1. The van der Waals surface area contributed by atoms with E-state index >= 15 is 0 Å². The number of aryl methyl sites for hydroxylation is 1. The van der Waals surface area contributed by atoms with E-state index in [1.54, 1.807) is 0 Å². The molecule has 1 aliphatic heterocycles. The molecule has 1 heterocycles. The molecular formula is C13H21NO. The Morgan fingerprint density at radius 1 is 1.27 bits per heavy atom. The smallest absolute Gasteiger partial charge is 0.143 e. The van der Waals surface area contributed by atoms with Crippen LogP contribution in [0.5, 0.6) is 5.75 Å². The van der Waals surface area contributed by atoms with Gasteiger partial charge < -0.3 is 10.1 Å². The average Bonchev–Trinajstić information content (AvgIpc) is 2.21. The molecule has 84 valence electrons. The fourth-order valence-corrected chi connectivity index (χ4v) is 1.51. The number of ether oxygens (including phenoxy) is 1. The summed E-state index contributed by atoms with van der Waals surface area (Å²) >= 11 is 0. The number of nitrogens with one attached hydrogen (secondary N) is 1. The van der Waals surface area contributed by atoms with Gasteiger partial charge in [0.1, 0.15) is 11.4 Å². The second-order valence-corrected chi connectivity index (χ2v) is 4.21. The van der Waals surface area contributed by atoms with Crippen LogP contribution in [0.4, 0.5) is 5.69 Å². The van der Waals surface area contributed by atoms with Gasteiger partial charge >= 0.3 is 0 Å². The first kappa shape index (κ1) is 11.9. The molecule has 0 spiro atoms. The van der Waals surface area contributed by atoms with Crippen molar-refractivity contribution in [1.82, 2.24) is 0 Å². The highest BCUT2D eigenvalue weighted by atomic mass is 16.5. The van der Waals surface area contributed by atoms with Gasteiger partial charge in [0.15, 0.2) is 0 Å². The van der Waals surface area contributed by atoms with E-state index in [4.69, 9.17) is 4.74 Å². The minimum atomic E-state index is -0.0950. The molecule has 2 nitrogen and oxygen atoms in total. The van der Waals surface area contributed by atoms with Crippen LogP contribution in [0.1, 0.15) is 33.3 Å². The molecule has 0 amide bonds. The number of anilines is 1. The van der Waals surface area contributed by atoms with Crippen LogP contribution in [-0.2, 0) is 0 Å².